The van der Waals surface area contributed by atoms with E-state index in [0.717, 1.165) is 56.6 Å². The van der Waals surface area contributed by atoms with E-state index >= 15 is 0 Å². The lowest BCUT2D eigenvalue weighted by atomic mass is 10.1. The second-order valence-corrected chi connectivity index (χ2v) is 8.90. The fourth-order valence-electron chi connectivity index (χ4n) is 4.38. The Morgan fingerprint density at radius 3 is 2.45 bits per heavy atom. The molecule has 1 aromatic heterocycles. The van der Waals surface area contributed by atoms with E-state index < -0.39 is 0 Å². The molecule has 2 aliphatic heterocycles. The lowest BCUT2D eigenvalue weighted by molar-refractivity contribution is 0.312. The molecule has 8 heteroatoms. The Balaban J connectivity index is 0.00000306. The van der Waals surface area contributed by atoms with Gasteiger partial charge in [0, 0.05) is 64.7 Å². The Morgan fingerprint density at radius 1 is 1.03 bits per heavy atom. The molecule has 0 aliphatic carbocycles. The molecule has 0 spiro atoms. The molecule has 2 aromatic rings. The molecule has 2 N–H and O–H groups in total. The summed E-state index contributed by atoms with van der Waals surface area (Å²) in [6.07, 6.45) is 4.55. The third kappa shape index (κ3) is 6.96. The van der Waals surface area contributed by atoms with Crippen molar-refractivity contribution in [2.45, 2.75) is 32.4 Å². The Bertz CT molecular complexity index is 888. The number of piperazine rings is 1. The average molecular weight is 564 g/mol. The Morgan fingerprint density at radius 2 is 1.79 bits per heavy atom. The maximum Gasteiger partial charge on any atom is 0.191 e. The van der Waals surface area contributed by atoms with Crippen LogP contribution in [0.1, 0.15) is 36.9 Å². The minimum Gasteiger partial charge on any atom is -0.372 e. The smallest absolute Gasteiger partial charge is 0.191 e. The largest absolute Gasteiger partial charge is 0.372 e. The van der Waals surface area contributed by atoms with Crippen molar-refractivity contribution in [2.75, 3.05) is 63.2 Å². The maximum atomic E-state index is 4.69. The molecule has 33 heavy (non-hydrogen) atoms. The van der Waals surface area contributed by atoms with Crippen molar-refractivity contribution in [3.05, 3.63) is 53.7 Å². The van der Waals surface area contributed by atoms with Gasteiger partial charge in [-0.2, -0.15) is 0 Å². The number of hydrogen-bond donors (Lipinski definition) is 2. The SMILES string of the molecule is CN=C(NCc1ccc(N2CCN(C)CC2)nc1)NC(C)c1cccc(N2CCCC2)c1.I. The van der Waals surface area contributed by atoms with Gasteiger partial charge < -0.3 is 25.3 Å². The summed E-state index contributed by atoms with van der Waals surface area (Å²) in [6, 6.07) is 13.3. The van der Waals surface area contributed by atoms with Gasteiger partial charge >= 0.3 is 0 Å². The van der Waals surface area contributed by atoms with Gasteiger partial charge in [-0.3, -0.25) is 4.99 Å². The summed E-state index contributed by atoms with van der Waals surface area (Å²) in [5.41, 5.74) is 3.74. The van der Waals surface area contributed by atoms with E-state index in [1.54, 1.807) is 0 Å². The minimum atomic E-state index is 0. The molecular formula is C25H38IN7. The second kappa shape index (κ2) is 12.4. The zero-order valence-corrected chi connectivity index (χ0v) is 22.5. The van der Waals surface area contributed by atoms with Gasteiger partial charge in [0.15, 0.2) is 5.96 Å². The van der Waals surface area contributed by atoms with Crippen molar-refractivity contribution in [2.24, 2.45) is 4.99 Å². The predicted molar refractivity (Wildman–Crippen MR) is 149 cm³/mol. The first kappa shape index (κ1) is 25.6. The van der Waals surface area contributed by atoms with Gasteiger partial charge in [-0.15, -0.1) is 24.0 Å². The Labute approximate surface area is 215 Å². The lowest BCUT2D eigenvalue weighted by Crippen LogP contribution is -2.44. The van der Waals surface area contributed by atoms with E-state index in [9.17, 15) is 0 Å². The maximum absolute atomic E-state index is 4.69. The molecule has 4 rings (SSSR count). The Hall–Kier alpha value is -2.07. The highest BCUT2D eigenvalue weighted by atomic mass is 127. The summed E-state index contributed by atoms with van der Waals surface area (Å²) in [5, 5.41) is 6.95. The van der Waals surface area contributed by atoms with Crippen LogP contribution in [0.25, 0.3) is 0 Å². The first-order chi connectivity index (χ1) is 15.6. The summed E-state index contributed by atoms with van der Waals surface area (Å²) in [7, 11) is 3.99. The van der Waals surface area contributed by atoms with Crippen molar-refractivity contribution < 1.29 is 0 Å². The van der Waals surface area contributed by atoms with Crippen molar-refractivity contribution in [1.82, 2.24) is 20.5 Å². The molecule has 1 atom stereocenters. The fourth-order valence-corrected chi connectivity index (χ4v) is 4.38. The van der Waals surface area contributed by atoms with Crippen molar-refractivity contribution in [3.63, 3.8) is 0 Å². The fraction of sp³-hybridized carbons (Fsp3) is 0.520. The summed E-state index contributed by atoms with van der Waals surface area (Å²) < 4.78 is 0. The summed E-state index contributed by atoms with van der Waals surface area (Å²) >= 11 is 0. The van der Waals surface area contributed by atoms with E-state index in [1.165, 1.54) is 24.1 Å². The molecular weight excluding hydrogens is 525 g/mol. The minimum absolute atomic E-state index is 0. The predicted octanol–water partition coefficient (Wildman–Crippen LogP) is 3.48. The van der Waals surface area contributed by atoms with Gasteiger partial charge in [-0.05, 0) is 56.1 Å². The number of aromatic nitrogens is 1. The number of likely N-dealkylation sites (N-methyl/N-ethyl adjacent to an activating group) is 1. The third-order valence-corrected chi connectivity index (χ3v) is 6.51. The number of nitrogens with one attached hydrogen (secondary N) is 2. The van der Waals surface area contributed by atoms with Crippen LogP contribution in [0, 0.1) is 0 Å². The normalized spacial score (nSPS) is 18.1. The van der Waals surface area contributed by atoms with Gasteiger partial charge in [0.05, 0.1) is 6.04 Å². The monoisotopic (exact) mass is 563 g/mol. The highest BCUT2D eigenvalue weighted by molar-refractivity contribution is 14.0. The standard InChI is InChI=1S/C25H37N7.HI/c1-20(22-7-6-8-23(17-22)31-11-4-5-12-31)29-25(26-2)28-19-21-9-10-24(27-18-21)32-15-13-30(3)14-16-32;/h6-10,17-18,20H,4-5,11-16,19H2,1-3H3,(H2,26,28,29);1H. The molecule has 2 aliphatic rings. The molecule has 7 nitrogen and oxygen atoms in total. The number of aliphatic imine (C=N–C) groups is 1. The lowest BCUT2D eigenvalue weighted by Gasteiger charge is -2.33. The van der Waals surface area contributed by atoms with E-state index in [0.29, 0.717) is 6.54 Å². The van der Waals surface area contributed by atoms with Gasteiger partial charge in [-0.1, -0.05) is 18.2 Å². The van der Waals surface area contributed by atoms with Gasteiger partial charge in [-0.25, -0.2) is 4.98 Å². The van der Waals surface area contributed by atoms with E-state index in [4.69, 9.17) is 0 Å². The first-order valence-corrected chi connectivity index (χ1v) is 11.8. The van der Waals surface area contributed by atoms with Crippen LogP contribution >= 0.6 is 24.0 Å². The van der Waals surface area contributed by atoms with Gasteiger partial charge in [0.25, 0.3) is 0 Å². The molecule has 1 unspecified atom stereocenters. The summed E-state index contributed by atoms with van der Waals surface area (Å²) in [4.78, 5) is 16.3. The number of halogens is 1. The van der Waals surface area contributed by atoms with Crippen LogP contribution in [-0.2, 0) is 6.54 Å². The molecule has 2 fully saturated rings. The highest BCUT2D eigenvalue weighted by Gasteiger charge is 2.16. The number of rotatable bonds is 6. The molecule has 2 saturated heterocycles. The molecule has 0 saturated carbocycles. The highest BCUT2D eigenvalue weighted by Crippen LogP contribution is 2.24. The van der Waals surface area contributed by atoms with E-state index in [-0.39, 0.29) is 30.0 Å². The molecule has 180 valence electrons. The first-order valence-electron chi connectivity index (χ1n) is 11.8. The second-order valence-electron chi connectivity index (χ2n) is 8.90. The number of nitrogens with zero attached hydrogens (tertiary/aromatic N) is 5. The van der Waals surface area contributed by atoms with Crippen LogP contribution < -0.4 is 20.4 Å². The third-order valence-electron chi connectivity index (χ3n) is 6.51. The summed E-state index contributed by atoms with van der Waals surface area (Å²) in [5.74, 6) is 1.86. The topological polar surface area (TPSA) is 59.0 Å². The van der Waals surface area contributed by atoms with Crippen molar-refractivity contribution in [1.29, 1.82) is 0 Å². The number of anilines is 2. The van der Waals surface area contributed by atoms with Gasteiger partial charge in [0.1, 0.15) is 5.82 Å². The molecule has 0 radical (unpaired) electrons. The number of benzene rings is 1. The van der Waals surface area contributed by atoms with Crippen LogP contribution in [0.4, 0.5) is 11.5 Å². The average Bonchev–Trinajstić information content (AvgIpc) is 3.38. The number of pyridine rings is 1. The Kier molecular flexibility index (Phi) is 9.61. The zero-order chi connectivity index (χ0) is 22.3. The van der Waals surface area contributed by atoms with Crippen LogP contribution in [0.15, 0.2) is 47.6 Å². The van der Waals surface area contributed by atoms with E-state index in [1.807, 2.05) is 13.2 Å². The van der Waals surface area contributed by atoms with Crippen LogP contribution in [-0.4, -0.2) is 69.2 Å². The zero-order valence-electron chi connectivity index (χ0n) is 20.1. The van der Waals surface area contributed by atoms with Crippen molar-refractivity contribution in [3.8, 4) is 0 Å². The van der Waals surface area contributed by atoms with Crippen LogP contribution in [0.3, 0.4) is 0 Å². The summed E-state index contributed by atoms with van der Waals surface area (Å²) in [6.45, 7) is 9.45. The van der Waals surface area contributed by atoms with Crippen LogP contribution in [0.2, 0.25) is 0 Å². The molecule has 3 heterocycles. The van der Waals surface area contributed by atoms with E-state index in [2.05, 4.69) is 85.7 Å². The van der Waals surface area contributed by atoms with Crippen LogP contribution in [0.5, 0.6) is 0 Å². The molecule has 0 bridgehead atoms. The number of hydrogen-bond acceptors (Lipinski definition) is 5. The van der Waals surface area contributed by atoms with Gasteiger partial charge in [0.2, 0.25) is 0 Å². The quantitative estimate of drug-likeness (QED) is 0.319. The number of guanidine groups is 1. The molecule has 0 amide bonds. The molecule has 1 aromatic carbocycles. The van der Waals surface area contributed by atoms with Crippen molar-refractivity contribution >= 4 is 41.4 Å².